The first-order valence-electron chi connectivity index (χ1n) is 6.11. The van der Waals surface area contributed by atoms with E-state index in [4.69, 9.17) is 5.73 Å². The summed E-state index contributed by atoms with van der Waals surface area (Å²) >= 11 is 0. The van der Waals surface area contributed by atoms with Gasteiger partial charge in [-0.15, -0.1) is 0 Å². The Bertz CT molecular complexity index is 584. The highest BCUT2D eigenvalue weighted by Crippen LogP contribution is 2.17. The predicted molar refractivity (Wildman–Crippen MR) is 74.7 cm³/mol. The maximum Gasteiger partial charge on any atom is 0.259 e. The molecule has 5 heteroatoms. The molecule has 5 nitrogen and oxygen atoms in total. The number of nitrogen functional groups attached to an aromatic ring is 1. The molecule has 2 aromatic rings. The maximum atomic E-state index is 12.3. The quantitative estimate of drug-likeness (QED) is 0.882. The standard InChI is InChI=1S/C14H18N4O/c1-9-6-4-5-7-11(9)8-18(3)14(19)12-10(2)16-17-13(12)15/h4-7H,8H2,1-3H3,(H3,15,16,17). The third-order valence-electron chi connectivity index (χ3n) is 3.20. The van der Waals surface area contributed by atoms with Crippen LogP contribution < -0.4 is 5.73 Å². The number of aromatic amines is 1. The fourth-order valence-corrected chi connectivity index (χ4v) is 2.02. The lowest BCUT2D eigenvalue weighted by molar-refractivity contribution is 0.0785. The van der Waals surface area contributed by atoms with Gasteiger partial charge in [0.2, 0.25) is 0 Å². The Labute approximate surface area is 112 Å². The summed E-state index contributed by atoms with van der Waals surface area (Å²) in [5.74, 6) is 0.131. The predicted octanol–water partition coefficient (Wildman–Crippen LogP) is 1.88. The monoisotopic (exact) mass is 258 g/mol. The van der Waals surface area contributed by atoms with Crippen molar-refractivity contribution in [3.63, 3.8) is 0 Å². The third kappa shape index (κ3) is 2.59. The average Bonchev–Trinajstić information content (AvgIpc) is 2.71. The number of carbonyl (C=O) groups excluding carboxylic acids is 1. The molecule has 1 aromatic heterocycles. The van der Waals surface area contributed by atoms with E-state index in [9.17, 15) is 4.79 Å². The average molecular weight is 258 g/mol. The lowest BCUT2D eigenvalue weighted by Crippen LogP contribution is -2.27. The van der Waals surface area contributed by atoms with Crippen molar-refractivity contribution in [2.24, 2.45) is 0 Å². The van der Waals surface area contributed by atoms with Crippen molar-refractivity contribution in [1.29, 1.82) is 0 Å². The molecule has 2 rings (SSSR count). The molecular formula is C14H18N4O. The van der Waals surface area contributed by atoms with E-state index < -0.39 is 0 Å². The van der Waals surface area contributed by atoms with Crippen molar-refractivity contribution in [3.8, 4) is 0 Å². The van der Waals surface area contributed by atoms with Gasteiger partial charge >= 0.3 is 0 Å². The number of hydrogen-bond acceptors (Lipinski definition) is 3. The van der Waals surface area contributed by atoms with Crippen LogP contribution in [-0.2, 0) is 6.54 Å². The molecule has 1 aromatic carbocycles. The Morgan fingerprint density at radius 1 is 1.37 bits per heavy atom. The van der Waals surface area contributed by atoms with Crippen molar-refractivity contribution in [2.75, 3.05) is 12.8 Å². The normalized spacial score (nSPS) is 10.5. The molecular weight excluding hydrogens is 240 g/mol. The lowest BCUT2D eigenvalue weighted by Gasteiger charge is -2.18. The van der Waals surface area contributed by atoms with Gasteiger partial charge in [0.15, 0.2) is 5.82 Å². The van der Waals surface area contributed by atoms with Crippen molar-refractivity contribution in [3.05, 3.63) is 46.6 Å². The Hall–Kier alpha value is -2.30. The number of H-pyrrole nitrogens is 1. The minimum absolute atomic E-state index is 0.119. The van der Waals surface area contributed by atoms with E-state index in [0.29, 0.717) is 17.8 Å². The van der Waals surface area contributed by atoms with Crippen LogP contribution in [0.2, 0.25) is 0 Å². The number of rotatable bonds is 3. The van der Waals surface area contributed by atoms with Crippen molar-refractivity contribution < 1.29 is 4.79 Å². The van der Waals surface area contributed by atoms with E-state index in [1.165, 1.54) is 5.56 Å². The number of amides is 1. The fourth-order valence-electron chi connectivity index (χ4n) is 2.02. The second-order valence-electron chi connectivity index (χ2n) is 4.70. The number of benzene rings is 1. The molecule has 0 saturated carbocycles. The van der Waals surface area contributed by atoms with Gasteiger partial charge in [0.25, 0.3) is 5.91 Å². The zero-order valence-electron chi connectivity index (χ0n) is 11.4. The molecule has 0 saturated heterocycles. The summed E-state index contributed by atoms with van der Waals surface area (Å²) in [6, 6.07) is 8.01. The summed E-state index contributed by atoms with van der Waals surface area (Å²) in [7, 11) is 1.76. The Morgan fingerprint density at radius 3 is 2.63 bits per heavy atom. The van der Waals surface area contributed by atoms with Gasteiger partial charge in [-0.3, -0.25) is 9.89 Å². The van der Waals surface area contributed by atoms with Gasteiger partial charge in [-0.1, -0.05) is 24.3 Å². The zero-order valence-corrected chi connectivity index (χ0v) is 11.4. The van der Waals surface area contributed by atoms with Crippen LogP contribution in [0.5, 0.6) is 0 Å². The molecule has 1 amide bonds. The van der Waals surface area contributed by atoms with Gasteiger partial charge in [-0.05, 0) is 25.0 Å². The maximum absolute atomic E-state index is 12.3. The number of carbonyl (C=O) groups is 1. The van der Waals surface area contributed by atoms with E-state index in [1.807, 2.05) is 31.2 Å². The lowest BCUT2D eigenvalue weighted by atomic mass is 10.1. The molecule has 0 radical (unpaired) electrons. The van der Waals surface area contributed by atoms with Crippen LogP contribution in [0.1, 0.15) is 27.2 Å². The summed E-state index contributed by atoms with van der Waals surface area (Å²) in [6.07, 6.45) is 0. The van der Waals surface area contributed by atoms with Gasteiger partial charge in [0.1, 0.15) is 5.56 Å². The summed E-state index contributed by atoms with van der Waals surface area (Å²) in [6.45, 7) is 4.37. The molecule has 3 N–H and O–H groups in total. The largest absolute Gasteiger partial charge is 0.382 e. The third-order valence-corrected chi connectivity index (χ3v) is 3.20. The van der Waals surface area contributed by atoms with Crippen LogP contribution in [0.25, 0.3) is 0 Å². The number of aromatic nitrogens is 2. The van der Waals surface area contributed by atoms with E-state index in [-0.39, 0.29) is 11.7 Å². The number of nitrogens with two attached hydrogens (primary N) is 1. The molecule has 100 valence electrons. The van der Waals surface area contributed by atoms with E-state index >= 15 is 0 Å². The second-order valence-corrected chi connectivity index (χ2v) is 4.70. The zero-order chi connectivity index (χ0) is 14.0. The second kappa shape index (κ2) is 5.14. The number of nitrogens with zero attached hydrogens (tertiary/aromatic N) is 2. The van der Waals surface area contributed by atoms with Gasteiger partial charge in [-0.2, -0.15) is 5.10 Å². The number of aryl methyl sites for hydroxylation is 2. The Balaban J connectivity index is 2.19. The summed E-state index contributed by atoms with van der Waals surface area (Å²) < 4.78 is 0. The summed E-state index contributed by atoms with van der Waals surface area (Å²) in [4.78, 5) is 14.0. The number of nitrogens with one attached hydrogen (secondary N) is 1. The molecule has 1 heterocycles. The molecule has 0 unspecified atom stereocenters. The fraction of sp³-hybridized carbons (Fsp3) is 0.286. The first-order chi connectivity index (χ1) is 9.00. The van der Waals surface area contributed by atoms with Crippen LogP contribution >= 0.6 is 0 Å². The van der Waals surface area contributed by atoms with E-state index in [2.05, 4.69) is 10.2 Å². The molecule has 0 aliphatic rings. The van der Waals surface area contributed by atoms with E-state index in [1.54, 1.807) is 18.9 Å². The van der Waals surface area contributed by atoms with Crippen molar-refractivity contribution >= 4 is 11.7 Å². The highest BCUT2D eigenvalue weighted by Gasteiger charge is 2.20. The molecule has 0 bridgehead atoms. The number of anilines is 1. The first kappa shape index (κ1) is 13.1. The SMILES string of the molecule is Cc1ccccc1CN(C)C(=O)c1c(N)n[nH]c1C. The van der Waals surface area contributed by atoms with E-state index in [0.717, 1.165) is 5.56 Å². The van der Waals surface area contributed by atoms with Gasteiger partial charge < -0.3 is 10.6 Å². The molecule has 0 atom stereocenters. The molecule has 0 fully saturated rings. The number of hydrogen-bond donors (Lipinski definition) is 2. The highest BCUT2D eigenvalue weighted by atomic mass is 16.2. The molecule has 0 aliphatic carbocycles. The van der Waals surface area contributed by atoms with Gasteiger partial charge in [0.05, 0.1) is 0 Å². The van der Waals surface area contributed by atoms with Crippen LogP contribution in [0.15, 0.2) is 24.3 Å². The topological polar surface area (TPSA) is 75.0 Å². The van der Waals surface area contributed by atoms with Crippen LogP contribution in [0.3, 0.4) is 0 Å². The smallest absolute Gasteiger partial charge is 0.259 e. The Morgan fingerprint density at radius 2 is 2.05 bits per heavy atom. The van der Waals surface area contributed by atoms with Crippen molar-refractivity contribution in [2.45, 2.75) is 20.4 Å². The summed E-state index contributed by atoms with van der Waals surface area (Å²) in [5.41, 5.74) is 9.15. The molecule has 0 aliphatic heterocycles. The Kier molecular flexibility index (Phi) is 3.55. The highest BCUT2D eigenvalue weighted by molar-refractivity contribution is 5.99. The minimum Gasteiger partial charge on any atom is -0.382 e. The van der Waals surface area contributed by atoms with Gasteiger partial charge in [0, 0.05) is 19.3 Å². The first-order valence-corrected chi connectivity index (χ1v) is 6.11. The summed E-state index contributed by atoms with van der Waals surface area (Å²) in [5, 5.41) is 6.57. The van der Waals surface area contributed by atoms with Crippen LogP contribution in [0.4, 0.5) is 5.82 Å². The molecule has 0 spiro atoms. The van der Waals surface area contributed by atoms with Crippen molar-refractivity contribution in [1.82, 2.24) is 15.1 Å². The molecule has 19 heavy (non-hydrogen) atoms. The minimum atomic E-state index is -0.119. The van der Waals surface area contributed by atoms with Gasteiger partial charge in [-0.25, -0.2) is 0 Å². The van der Waals surface area contributed by atoms with Crippen LogP contribution in [0, 0.1) is 13.8 Å². The van der Waals surface area contributed by atoms with Crippen LogP contribution in [-0.4, -0.2) is 28.1 Å².